The molecule has 2 rings (SSSR count). The predicted molar refractivity (Wildman–Crippen MR) is 73.7 cm³/mol. The Kier molecular flexibility index (Phi) is 3.95. The van der Waals surface area contributed by atoms with Gasteiger partial charge in [0.15, 0.2) is 0 Å². The van der Waals surface area contributed by atoms with Gasteiger partial charge < -0.3 is 10.1 Å². The highest BCUT2D eigenvalue weighted by Crippen LogP contribution is 2.22. The van der Waals surface area contributed by atoms with Crippen LogP contribution in [-0.4, -0.2) is 28.5 Å². The highest BCUT2D eigenvalue weighted by atomic mass is 16.5. The Labute approximate surface area is 110 Å². The van der Waals surface area contributed by atoms with Crippen molar-refractivity contribution in [1.29, 1.82) is 0 Å². The molecule has 18 heavy (non-hydrogen) atoms. The van der Waals surface area contributed by atoms with E-state index in [9.17, 15) is 0 Å². The minimum absolute atomic E-state index is 0.247. The Balaban J connectivity index is 1.89. The van der Waals surface area contributed by atoms with Crippen molar-refractivity contribution in [3.05, 3.63) is 12.4 Å². The van der Waals surface area contributed by atoms with Crippen molar-refractivity contribution in [3.8, 4) is 0 Å². The number of aromatic nitrogens is 2. The number of rotatable bonds is 4. The van der Waals surface area contributed by atoms with Crippen LogP contribution in [0.4, 0.5) is 5.69 Å². The SMILES string of the molecule is C[C@H](Nc1cnn(C[C@H]2CCCO2)c1)C(C)(C)C. The van der Waals surface area contributed by atoms with Gasteiger partial charge in [0.25, 0.3) is 0 Å². The number of ether oxygens (including phenoxy) is 1. The standard InChI is InChI=1S/C14H25N3O/c1-11(14(2,3)4)16-12-8-15-17(9-12)10-13-6-5-7-18-13/h8-9,11,13,16H,5-7,10H2,1-4H3/t11-,13+/m0/s1. The minimum Gasteiger partial charge on any atom is -0.380 e. The topological polar surface area (TPSA) is 39.1 Å². The van der Waals surface area contributed by atoms with Crippen LogP contribution in [-0.2, 0) is 11.3 Å². The van der Waals surface area contributed by atoms with Crippen LogP contribution in [0, 0.1) is 5.41 Å². The number of anilines is 1. The molecule has 102 valence electrons. The summed E-state index contributed by atoms with van der Waals surface area (Å²) in [4.78, 5) is 0. The lowest BCUT2D eigenvalue weighted by molar-refractivity contribution is 0.0940. The van der Waals surface area contributed by atoms with E-state index < -0.39 is 0 Å². The number of nitrogens with zero attached hydrogens (tertiary/aromatic N) is 2. The molecule has 0 radical (unpaired) electrons. The molecule has 1 N–H and O–H groups in total. The van der Waals surface area contributed by atoms with Crippen molar-refractivity contribution >= 4 is 5.69 Å². The summed E-state index contributed by atoms with van der Waals surface area (Å²) in [5.74, 6) is 0. The van der Waals surface area contributed by atoms with Crippen LogP contribution in [0.3, 0.4) is 0 Å². The second kappa shape index (κ2) is 5.31. The average molecular weight is 251 g/mol. The molecule has 0 amide bonds. The fourth-order valence-electron chi connectivity index (χ4n) is 2.00. The second-order valence-corrected chi connectivity index (χ2v) is 6.32. The van der Waals surface area contributed by atoms with Crippen molar-refractivity contribution in [3.63, 3.8) is 0 Å². The third-order valence-electron chi connectivity index (χ3n) is 3.73. The summed E-state index contributed by atoms with van der Waals surface area (Å²) in [5, 5.41) is 7.89. The van der Waals surface area contributed by atoms with Crippen LogP contribution in [0.1, 0.15) is 40.5 Å². The molecule has 1 aliphatic rings. The molecule has 1 fully saturated rings. The van der Waals surface area contributed by atoms with Gasteiger partial charge in [0.2, 0.25) is 0 Å². The molecule has 2 atom stereocenters. The molecule has 4 nitrogen and oxygen atoms in total. The van der Waals surface area contributed by atoms with Crippen molar-refractivity contribution in [2.24, 2.45) is 5.41 Å². The Morgan fingerprint density at radius 3 is 2.94 bits per heavy atom. The molecular formula is C14H25N3O. The van der Waals surface area contributed by atoms with Gasteiger partial charge in [0.05, 0.1) is 24.5 Å². The molecule has 0 bridgehead atoms. The molecule has 1 aromatic rings. The highest BCUT2D eigenvalue weighted by Gasteiger charge is 2.20. The minimum atomic E-state index is 0.247. The van der Waals surface area contributed by atoms with E-state index in [0.29, 0.717) is 12.1 Å². The second-order valence-electron chi connectivity index (χ2n) is 6.32. The first kappa shape index (κ1) is 13.4. The van der Waals surface area contributed by atoms with Gasteiger partial charge in [-0.3, -0.25) is 4.68 Å². The summed E-state index contributed by atoms with van der Waals surface area (Å²) in [6.07, 6.45) is 6.65. The quantitative estimate of drug-likeness (QED) is 0.894. The zero-order chi connectivity index (χ0) is 13.2. The summed E-state index contributed by atoms with van der Waals surface area (Å²) in [7, 11) is 0. The largest absolute Gasteiger partial charge is 0.380 e. The Hall–Kier alpha value is -1.03. The zero-order valence-corrected chi connectivity index (χ0v) is 11.9. The van der Waals surface area contributed by atoms with Gasteiger partial charge in [-0.15, -0.1) is 0 Å². The van der Waals surface area contributed by atoms with Crippen LogP contribution in [0.15, 0.2) is 12.4 Å². The van der Waals surface area contributed by atoms with Crippen molar-refractivity contribution < 1.29 is 4.74 Å². The molecule has 2 heterocycles. The summed E-state index contributed by atoms with van der Waals surface area (Å²) in [6.45, 7) is 10.7. The van der Waals surface area contributed by atoms with Gasteiger partial charge in [0.1, 0.15) is 0 Å². The number of hydrogen-bond acceptors (Lipinski definition) is 3. The molecule has 0 spiro atoms. The van der Waals surface area contributed by atoms with E-state index in [4.69, 9.17) is 4.74 Å². The normalized spacial score (nSPS) is 22.1. The van der Waals surface area contributed by atoms with Gasteiger partial charge in [-0.1, -0.05) is 20.8 Å². The van der Waals surface area contributed by atoms with E-state index in [0.717, 1.165) is 25.3 Å². The molecular weight excluding hydrogens is 226 g/mol. The summed E-state index contributed by atoms with van der Waals surface area (Å²) in [5.41, 5.74) is 1.34. The van der Waals surface area contributed by atoms with Crippen LogP contribution >= 0.6 is 0 Å². The summed E-state index contributed by atoms with van der Waals surface area (Å²) >= 11 is 0. The fourth-order valence-corrected chi connectivity index (χ4v) is 2.00. The molecule has 4 heteroatoms. The van der Waals surface area contributed by atoms with Gasteiger partial charge in [-0.05, 0) is 25.2 Å². The molecule has 1 aromatic heterocycles. The Bertz CT molecular complexity index is 375. The molecule has 1 aliphatic heterocycles. The number of nitrogens with one attached hydrogen (secondary N) is 1. The van der Waals surface area contributed by atoms with Crippen molar-refractivity contribution in [2.45, 2.75) is 59.2 Å². The van der Waals surface area contributed by atoms with Crippen LogP contribution in [0.5, 0.6) is 0 Å². The third-order valence-corrected chi connectivity index (χ3v) is 3.73. The lowest BCUT2D eigenvalue weighted by Gasteiger charge is -2.28. The van der Waals surface area contributed by atoms with E-state index in [1.165, 1.54) is 6.42 Å². The molecule has 0 unspecified atom stereocenters. The van der Waals surface area contributed by atoms with E-state index >= 15 is 0 Å². The lowest BCUT2D eigenvalue weighted by atomic mass is 9.88. The first-order valence-corrected chi connectivity index (χ1v) is 6.86. The number of hydrogen-bond donors (Lipinski definition) is 1. The molecule has 0 aliphatic carbocycles. The fraction of sp³-hybridized carbons (Fsp3) is 0.786. The zero-order valence-electron chi connectivity index (χ0n) is 11.9. The molecule has 1 saturated heterocycles. The maximum absolute atomic E-state index is 5.62. The van der Waals surface area contributed by atoms with Crippen LogP contribution in [0.2, 0.25) is 0 Å². The van der Waals surface area contributed by atoms with Crippen LogP contribution < -0.4 is 5.32 Å². The summed E-state index contributed by atoms with van der Waals surface area (Å²) < 4.78 is 7.60. The predicted octanol–water partition coefficient (Wildman–Crippen LogP) is 2.91. The first-order chi connectivity index (χ1) is 8.45. The van der Waals surface area contributed by atoms with E-state index in [1.807, 2.05) is 10.9 Å². The van der Waals surface area contributed by atoms with Crippen LogP contribution in [0.25, 0.3) is 0 Å². The van der Waals surface area contributed by atoms with E-state index in [1.54, 1.807) is 0 Å². The Morgan fingerprint density at radius 1 is 1.56 bits per heavy atom. The lowest BCUT2D eigenvalue weighted by Crippen LogP contribution is -2.30. The maximum atomic E-state index is 5.62. The third kappa shape index (κ3) is 3.48. The van der Waals surface area contributed by atoms with E-state index in [2.05, 4.69) is 44.3 Å². The summed E-state index contributed by atoms with van der Waals surface area (Å²) in [6, 6.07) is 0.415. The molecule has 0 saturated carbocycles. The first-order valence-electron chi connectivity index (χ1n) is 6.86. The maximum Gasteiger partial charge on any atom is 0.0771 e. The van der Waals surface area contributed by atoms with Crippen molar-refractivity contribution in [2.75, 3.05) is 11.9 Å². The molecule has 0 aromatic carbocycles. The average Bonchev–Trinajstić information content (AvgIpc) is 2.89. The smallest absolute Gasteiger partial charge is 0.0771 e. The van der Waals surface area contributed by atoms with Gasteiger partial charge in [-0.25, -0.2) is 0 Å². The monoisotopic (exact) mass is 251 g/mol. The van der Waals surface area contributed by atoms with E-state index in [-0.39, 0.29) is 5.41 Å². The van der Waals surface area contributed by atoms with Gasteiger partial charge in [-0.2, -0.15) is 5.10 Å². The van der Waals surface area contributed by atoms with Gasteiger partial charge >= 0.3 is 0 Å². The highest BCUT2D eigenvalue weighted by molar-refractivity contribution is 5.39. The Morgan fingerprint density at radius 2 is 2.33 bits per heavy atom. The van der Waals surface area contributed by atoms with Gasteiger partial charge in [0, 0.05) is 18.8 Å². The van der Waals surface area contributed by atoms with Crippen molar-refractivity contribution in [1.82, 2.24) is 9.78 Å².